The third-order valence-electron chi connectivity index (χ3n) is 3.29. The number of nitrogens with one attached hydrogen (secondary N) is 2. The van der Waals surface area contributed by atoms with Crippen LogP contribution in [0.3, 0.4) is 0 Å². The van der Waals surface area contributed by atoms with E-state index >= 15 is 0 Å². The zero-order chi connectivity index (χ0) is 15.2. The number of amides is 1. The monoisotopic (exact) mass is 296 g/mol. The zero-order valence-corrected chi connectivity index (χ0v) is 12.0. The summed E-state index contributed by atoms with van der Waals surface area (Å²) in [5.74, 6) is -1.05. The zero-order valence-electron chi connectivity index (χ0n) is 12.0. The fraction of sp³-hybridized carbons (Fsp3) is 0.615. The Morgan fingerprint density at radius 1 is 1.62 bits per heavy atom. The molecular weight excluding hydrogens is 276 g/mol. The number of carboxylic acids is 1. The Bertz CT molecular complexity index is 506. The van der Waals surface area contributed by atoms with E-state index in [1.807, 2.05) is 0 Å². The molecule has 0 aromatic carbocycles. The quantitative estimate of drug-likeness (QED) is 0.660. The maximum atomic E-state index is 11.9. The number of carboxylic acid groups (broad SMARTS) is 1. The van der Waals surface area contributed by atoms with Crippen LogP contribution in [-0.4, -0.2) is 59.6 Å². The molecular formula is C13H20N4O4. The van der Waals surface area contributed by atoms with E-state index in [4.69, 9.17) is 9.84 Å². The molecule has 8 nitrogen and oxygen atoms in total. The van der Waals surface area contributed by atoms with Crippen molar-refractivity contribution in [1.29, 1.82) is 0 Å². The van der Waals surface area contributed by atoms with E-state index in [9.17, 15) is 9.59 Å². The topological polar surface area (TPSA) is 105 Å². The highest BCUT2D eigenvalue weighted by Gasteiger charge is 2.15. The Morgan fingerprint density at radius 2 is 2.43 bits per heavy atom. The predicted molar refractivity (Wildman–Crippen MR) is 74.1 cm³/mol. The summed E-state index contributed by atoms with van der Waals surface area (Å²) in [5.41, 5.74) is 0.587. The van der Waals surface area contributed by atoms with Gasteiger partial charge in [-0.2, -0.15) is 5.10 Å². The van der Waals surface area contributed by atoms with Crippen LogP contribution in [0.1, 0.15) is 16.2 Å². The fourth-order valence-electron chi connectivity index (χ4n) is 2.12. The molecule has 0 radical (unpaired) electrons. The summed E-state index contributed by atoms with van der Waals surface area (Å²) in [6.45, 7) is 5.21. The molecule has 1 saturated heterocycles. The maximum Gasteiger partial charge on any atom is 0.356 e. The molecule has 1 amide bonds. The van der Waals surface area contributed by atoms with Gasteiger partial charge in [0.25, 0.3) is 0 Å². The van der Waals surface area contributed by atoms with Gasteiger partial charge >= 0.3 is 5.97 Å². The summed E-state index contributed by atoms with van der Waals surface area (Å²) >= 11 is 0. The summed E-state index contributed by atoms with van der Waals surface area (Å²) in [4.78, 5) is 22.7. The number of carbonyl (C=O) groups is 2. The number of hydrogen-bond acceptors (Lipinski definition) is 5. The Balaban J connectivity index is 1.82. The molecule has 8 heteroatoms. The van der Waals surface area contributed by atoms with Crippen molar-refractivity contribution in [3.8, 4) is 0 Å². The molecule has 1 aromatic heterocycles. The van der Waals surface area contributed by atoms with E-state index in [1.54, 1.807) is 6.92 Å². The normalized spacial score (nSPS) is 19.0. The van der Waals surface area contributed by atoms with Crippen molar-refractivity contribution in [2.24, 2.45) is 5.92 Å². The van der Waals surface area contributed by atoms with Gasteiger partial charge in [-0.3, -0.25) is 9.48 Å². The Labute approximate surface area is 122 Å². The first kappa shape index (κ1) is 15.5. The van der Waals surface area contributed by atoms with E-state index in [0.717, 1.165) is 13.1 Å². The van der Waals surface area contributed by atoms with Crippen molar-refractivity contribution >= 4 is 11.9 Å². The molecule has 1 aliphatic rings. The predicted octanol–water partition coefficient (Wildman–Crippen LogP) is -0.758. The molecule has 0 spiro atoms. The average molecular weight is 296 g/mol. The maximum absolute atomic E-state index is 11.9. The van der Waals surface area contributed by atoms with Gasteiger partial charge in [-0.1, -0.05) is 0 Å². The Kier molecular flexibility index (Phi) is 5.29. The van der Waals surface area contributed by atoms with E-state index in [-0.39, 0.29) is 24.1 Å². The lowest BCUT2D eigenvalue weighted by molar-refractivity contribution is -0.122. The minimum absolute atomic E-state index is 0.0140. The second-order valence-electron chi connectivity index (χ2n) is 5.08. The molecule has 0 aliphatic carbocycles. The number of carbonyl (C=O) groups excluding carboxylic acids is 1. The van der Waals surface area contributed by atoms with Crippen LogP contribution >= 0.6 is 0 Å². The van der Waals surface area contributed by atoms with Gasteiger partial charge < -0.3 is 20.5 Å². The van der Waals surface area contributed by atoms with Crippen LogP contribution < -0.4 is 10.6 Å². The summed E-state index contributed by atoms with van der Waals surface area (Å²) in [6, 6.07) is 1.44. The summed E-state index contributed by atoms with van der Waals surface area (Å²) in [5, 5.41) is 18.8. The van der Waals surface area contributed by atoms with Gasteiger partial charge in [0.2, 0.25) is 5.91 Å². The summed E-state index contributed by atoms with van der Waals surface area (Å²) < 4.78 is 6.80. The molecule has 1 fully saturated rings. The van der Waals surface area contributed by atoms with Crippen molar-refractivity contribution in [1.82, 2.24) is 20.4 Å². The van der Waals surface area contributed by atoms with Crippen molar-refractivity contribution in [2.45, 2.75) is 13.5 Å². The molecule has 3 N–H and O–H groups in total. The van der Waals surface area contributed by atoms with Gasteiger partial charge in [-0.15, -0.1) is 0 Å². The second kappa shape index (κ2) is 7.19. The Morgan fingerprint density at radius 3 is 3.14 bits per heavy atom. The number of aryl methyl sites for hydroxylation is 1. The standard InChI is InChI=1S/C13H20N4O4/c1-9-4-11(13(19)20)16-17(9)7-12(18)15-6-10-5-14-2-3-21-8-10/h4,10,14H,2-3,5-8H2,1H3,(H,15,18)(H,19,20). The minimum Gasteiger partial charge on any atom is -0.476 e. The van der Waals surface area contributed by atoms with Gasteiger partial charge in [-0.05, 0) is 13.0 Å². The smallest absolute Gasteiger partial charge is 0.356 e. The highest BCUT2D eigenvalue weighted by molar-refractivity contribution is 5.85. The highest BCUT2D eigenvalue weighted by atomic mass is 16.5. The van der Waals surface area contributed by atoms with Crippen LogP contribution in [0.2, 0.25) is 0 Å². The molecule has 1 aliphatic heterocycles. The van der Waals surface area contributed by atoms with Gasteiger partial charge in [0.15, 0.2) is 5.69 Å². The average Bonchev–Trinajstić information content (AvgIpc) is 2.66. The third-order valence-corrected chi connectivity index (χ3v) is 3.29. The van der Waals surface area contributed by atoms with Crippen molar-refractivity contribution < 1.29 is 19.4 Å². The lowest BCUT2D eigenvalue weighted by Crippen LogP contribution is -2.37. The van der Waals surface area contributed by atoms with E-state index < -0.39 is 5.97 Å². The third kappa shape index (κ3) is 4.54. The van der Waals surface area contributed by atoms with Gasteiger partial charge in [0.1, 0.15) is 6.54 Å². The largest absolute Gasteiger partial charge is 0.476 e. The molecule has 21 heavy (non-hydrogen) atoms. The summed E-state index contributed by atoms with van der Waals surface area (Å²) in [7, 11) is 0. The molecule has 1 unspecified atom stereocenters. The molecule has 0 saturated carbocycles. The summed E-state index contributed by atoms with van der Waals surface area (Å²) in [6.07, 6.45) is 0. The number of nitrogens with zero attached hydrogens (tertiary/aromatic N) is 2. The lowest BCUT2D eigenvalue weighted by Gasteiger charge is -2.14. The molecule has 1 atom stereocenters. The number of aromatic nitrogens is 2. The molecule has 1 aromatic rings. The van der Waals surface area contributed by atoms with Crippen molar-refractivity contribution in [3.63, 3.8) is 0 Å². The number of ether oxygens (including phenoxy) is 1. The Hall–Kier alpha value is -1.93. The van der Waals surface area contributed by atoms with Crippen LogP contribution in [-0.2, 0) is 16.1 Å². The molecule has 2 rings (SSSR count). The minimum atomic E-state index is -1.10. The van der Waals surface area contributed by atoms with E-state index in [1.165, 1.54) is 10.7 Å². The van der Waals surface area contributed by atoms with E-state index in [0.29, 0.717) is 25.5 Å². The van der Waals surface area contributed by atoms with Crippen LogP contribution in [0.4, 0.5) is 0 Å². The van der Waals surface area contributed by atoms with Gasteiger partial charge in [0, 0.05) is 31.2 Å². The van der Waals surface area contributed by atoms with Crippen LogP contribution in [0.15, 0.2) is 6.07 Å². The van der Waals surface area contributed by atoms with E-state index in [2.05, 4.69) is 15.7 Å². The first-order valence-corrected chi connectivity index (χ1v) is 6.89. The highest BCUT2D eigenvalue weighted by Crippen LogP contribution is 2.03. The first-order chi connectivity index (χ1) is 10.1. The molecule has 116 valence electrons. The van der Waals surface area contributed by atoms with Crippen molar-refractivity contribution in [2.75, 3.05) is 32.8 Å². The SMILES string of the molecule is Cc1cc(C(=O)O)nn1CC(=O)NCC1CNCCOC1. The lowest BCUT2D eigenvalue weighted by atomic mass is 10.1. The van der Waals surface area contributed by atoms with Gasteiger partial charge in [-0.25, -0.2) is 4.79 Å². The van der Waals surface area contributed by atoms with Crippen LogP contribution in [0.5, 0.6) is 0 Å². The van der Waals surface area contributed by atoms with Crippen LogP contribution in [0.25, 0.3) is 0 Å². The van der Waals surface area contributed by atoms with Crippen molar-refractivity contribution in [3.05, 3.63) is 17.5 Å². The number of aromatic carboxylic acids is 1. The van der Waals surface area contributed by atoms with Gasteiger partial charge in [0.05, 0.1) is 13.2 Å². The van der Waals surface area contributed by atoms with Crippen LogP contribution in [0, 0.1) is 12.8 Å². The fourth-order valence-corrected chi connectivity index (χ4v) is 2.12. The number of hydrogen-bond donors (Lipinski definition) is 3. The first-order valence-electron chi connectivity index (χ1n) is 6.89. The second-order valence-corrected chi connectivity index (χ2v) is 5.08. The number of rotatable bonds is 5. The molecule has 0 bridgehead atoms. The molecule has 2 heterocycles.